The van der Waals surface area contributed by atoms with Gasteiger partial charge in [-0.25, -0.2) is 9.18 Å². The molecule has 2 amide bonds. The zero-order valence-corrected chi connectivity index (χ0v) is 11.2. The van der Waals surface area contributed by atoms with E-state index >= 15 is 0 Å². The van der Waals surface area contributed by atoms with Crippen LogP contribution in [0.4, 0.5) is 4.39 Å². The SMILES string of the molecule is O=C(CNC(=O)CC1OC(=O)c2ccccc21)NCCF. The van der Waals surface area contributed by atoms with Crippen LogP contribution in [0.1, 0.15) is 28.4 Å². The van der Waals surface area contributed by atoms with Crippen molar-refractivity contribution >= 4 is 17.8 Å². The highest BCUT2D eigenvalue weighted by atomic mass is 19.1. The van der Waals surface area contributed by atoms with E-state index in [1.165, 1.54) is 0 Å². The lowest BCUT2D eigenvalue weighted by atomic mass is 10.0. The van der Waals surface area contributed by atoms with Crippen molar-refractivity contribution in [2.45, 2.75) is 12.5 Å². The van der Waals surface area contributed by atoms with Gasteiger partial charge in [0.05, 0.1) is 18.5 Å². The average molecular weight is 294 g/mol. The Balaban J connectivity index is 1.84. The van der Waals surface area contributed by atoms with Gasteiger partial charge in [-0.2, -0.15) is 0 Å². The molecule has 0 aromatic heterocycles. The number of nitrogens with one attached hydrogen (secondary N) is 2. The molecular formula is C14H15FN2O4. The molecule has 0 saturated heterocycles. The van der Waals surface area contributed by atoms with Crippen LogP contribution in [0.2, 0.25) is 0 Å². The van der Waals surface area contributed by atoms with Crippen LogP contribution < -0.4 is 10.6 Å². The number of benzene rings is 1. The molecule has 2 N–H and O–H groups in total. The van der Waals surface area contributed by atoms with Crippen molar-refractivity contribution < 1.29 is 23.5 Å². The third-order valence-electron chi connectivity index (χ3n) is 3.01. The molecule has 21 heavy (non-hydrogen) atoms. The number of hydrogen-bond acceptors (Lipinski definition) is 4. The summed E-state index contributed by atoms with van der Waals surface area (Å²) < 4.78 is 17.0. The van der Waals surface area contributed by atoms with Gasteiger partial charge in [-0.1, -0.05) is 18.2 Å². The molecule has 0 fully saturated rings. The van der Waals surface area contributed by atoms with Crippen LogP contribution in [0.15, 0.2) is 24.3 Å². The molecule has 112 valence electrons. The molecule has 0 aliphatic carbocycles. The number of carbonyl (C=O) groups excluding carboxylic acids is 3. The molecule has 1 atom stereocenters. The number of halogens is 1. The molecule has 0 radical (unpaired) electrons. The predicted molar refractivity (Wildman–Crippen MR) is 71.2 cm³/mol. The quantitative estimate of drug-likeness (QED) is 0.748. The standard InChI is InChI=1S/C14H15FN2O4/c15-5-6-16-13(19)8-17-12(18)7-11-9-3-1-2-4-10(9)14(20)21-11/h1-4,11H,5-8H2,(H,16,19)(H,17,18). The minimum atomic E-state index is -0.658. The van der Waals surface area contributed by atoms with Crippen molar-refractivity contribution in [2.75, 3.05) is 19.8 Å². The predicted octanol–water partition coefficient (Wildman–Crippen LogP) is 0.490. The second-order valence-electron chi connectivity index (χ2n) is 4.50. The molecule has 1 aliphatic heterocycles. The summed E-state index contributed by atoms with van der Waals surface area (Å²) in [5.41, 5.74) is 1.12. The number of rotatable bonds is 6. The molecule has 6 nitrogen and oxygen atoms in total. The Labute approximate surface area is 120 Å². The van der Waals surface area contributed by atoms with E-state index in [0.29, 0.717) is 11.1 Å². The fourth-order valence-corrected chi connectivity index (χ4v) is 2.04. The van der Waals surface area contributed by atoms with Gasteiger partial charge in [0, 0.05) is 12.1 Å². The maximum Gasteiger partial charge on any atom is 0.339 e. The van der Waals surface area contributed by atoms with E-state index in [4.69, 9.17) is 4.74 Å². The first kappa shape index (κ1) is 15.0. The number of cyclic esters (lactones) is 1. The monoisotopic (exact) mass is 294 g/mol. The molecule has 1 aromatic rings. The lowest BCUT2D eigenvalue weighted by molar-refractivity contribution is -0.127. The summed E-state index contributed by atoms with van der Waals surface area (Å²) in [6.07, 6.45) is -0.693. The van der Waals surface area contributed by atoms with Gasteiger partial charge in [0.15, 0.2) is 0 Å². The molecule has 1 aromatic carbocycles. The van der Waals surface area contributed by atoms with Crippen LogP contribution in [-0.4, -0.2) is 37.5 Å². The van der Waals surface area contributed by atoms with Crippen LogP contribution in [0, 0.1) is 0 Å². The first-order valence-electron chi connectivity index (χ1n) is 6.51. The maximum absolute atomic E-state index is 11.8. The second kappa shape index (κ2) is 6.83. The minimum Gasteiger partial charge on any atom is -0.453 e. The molecule has 1 aliphatic rings. The Bertz CT molecular complexity index is 562. The van der Waals surface area contributed by atoms with Gasteiger partial charge in [0.25, 0.3) is 0 Å². The van der Waals surface area contributed by atoms with Gasteiger partial charge < -0.3 is 15.4 Å². The molecule has 2 rings (SSSR count). The topological polar surface area (TPSA) is 84.5 Å². The van der Waals surface area contributed by atoms with Gasteiger partial charge in [0.1, 0.15) is 12.8 Å². The molecule has 0 spiro atoms. The zero-order chi connectivity index (χ0) is 15.2. The van der Waals surface area contributed by atoms with Crippen molar-refractivity contribution in [3.63, 3.8) is 0 Å². The first-order chi connectivity index (χ1) is 10.1. The van der Waals surface area contributed by atoms with Crippen molar-refractivity contribution in [2.24, 2.45) is 0 Å². The number of hydrogen-bond donors (Lipinski definition) is 2. The Morgan fingerprint density at radius 2 is 1.95 bits per heavy atom. The van der Waals surface area contributed by atoms with Gasteiger partial charge in [-0.05, 0) is 6.07 Å². The summed E-state index contributed by atoms with van der Waals surface area (Å²) in [6, 6.07) is 6.85. The third-order valence-corrected chi connectivity index (χ3v) is 3.01. The zero-order valence-electron chi connectivity index (χ0n) is 11.2. The van der Waals surface area contributed by atoms with Crippen molar-refractivity contribution in [3.8, 4) is 0 Å². The van der Waals surface area contributed by atoms with Crippen molar-refractivity contribution in [3.05, 3.63) is 35.4 Å². The largest absolute Gasteiger partial charge is 0.453 e. The van der Waals surface area contributed by atoms with E-state index in [0.717, 1.165) is 0 Å². The Hall–Kier alpha value is -2.44. The summed E-state index contributed by atoms with van der Waals surface area (Å²) >= 11 is 0. The average Bonchev–Trinajstić information content (AvgIpc) is 2.80. The van der Waals surface area contributed by atoms with Crippen LogP contribution in [0.5, 0.6) is 0 Å². The summed E-state index contributed by atoms with van der Waals surface area (Å²) in [4.78, 5) is 34.5. The number of amides is 2. The number of alkyl halides is 1. The normalized spacial score (nSPS) is 16.0. The molecule has 7 heteroatoms. The number of carbonyl (C=O) groups is 3. The summed E-state index contributed by atoms with van der Waals surface area (Å²) in [5, 5.41) is 4.69. The molecule has 0 saturated carbocycles. The number of esters is 1. The summed E-state index contributed by atoms with van der Waals surface area (Å²) in [5.74, 6) is -1.34. The first-order valence-corrected chi connectivity index (χ1v) is 6.51. The number of ether oxygens (including phenoxy) is 1. The molecule has 0 bridgehead atoms. The summed E-state index contributed by atoms with van der Waals surface area (Å²) in [7, 11) is 0. The smallest absolute Gasteiger partial charge is 0.339 e. The minimum absolute atomic E-state index is 0.0564. The van der Waals surface area contributed by atoms with E-state index in [9.17, 15) is 18.8 Å². The van der Waals surface area contributed by atoms with Gasteiger partial charge >= 0.3 is 5.97 Å². The van der Waals surface area contributed by atoms with E-state index in [1.807, 2.05) is 0 Å². The maximum atomic E-state index is 11.8. The second-order valence-corrected chi connectivity index (χ2v) is 4.50. The van der Waals surface area contributed by atoms with Crippen molar-refractivity contribution in [1.82, 2.24) is 10.6 Å². The van der Waals surface area contributed by atoms with E-state index in [-0.39, 0.29) is 19.5 Å². The number of fused-ring (bicyclic) bond motifs is 1. The van der Waals surface area contributed by atoms with Crippen LogP contribution in [0.3, 0.4) is 0 Å². The highest BCUT2D eigenvalue weighted by Crippen LogP contribution is 2.32. The lowest BCUT2D eigenvalue weighted by Gasteiger charge is -2.11. The summed E-state index contributed by atoms with van der Waals surface area (Å²) in [6.45, 7) is -0.974. The Kier molecular flexibility index (Phi) is 4.86. The highest BCUT2D eigenvalue weighted by molar-refractivity contribution is 5.95. The Morgan fingerprint density at radius 3 is 2.71 bits per heavy atom. The highest BCUT2D eigenvalue weighted by Gasteiger charge is 2.31. The molecular weight excluding hydrogens is 279 g/mol. The third kappa shape index (κ3) is 3.77. The van der Waals surface area contributed by atoms with Gasteiger partial charge in [-0.15, -0.1) is 0 Å². The Morgan fingerprint density at radius 1 is 1.19 bits per heavy atom. The van der Waals surface area contributed by atoms with Crippen LogP contribution in [-0.2, 0) is 14.3 Å². The molecule has 1 unspecified atom stereocenters. The fraction of sp³-hybridized carbons (Fsp3) is 0.357. The van der Waals surface area contributed by atoms with Crippen molar-refractivity contribution in [1.29, 1.82) is 0 Å². The van der Waals surface area contributed by atoms with E-state index < -0.39 is 30.6 Å². The molecule has 1 heterocycles. The van der Waals surface area contributed by atoms with Crippen LogP contribution in [0.25, 0.3) is 0 Å². The van der Waals surface area contributed by atoms with Gasteiger partial charge in [-0.3, -0.25) is 9.59 Å². The van der Waals surface area contributed by atoms with Crippen LogP contribution >= 0.6 is 0 Å². The lowest BCUT2D eigenvalue weighted by Crippen LogP contribution is -2.38. The van der Waals surface area contributed by atoms with Gasteiger partial charge in [0.2, 0.25) is 11.8 Å². The van der Waals surface area contributed by atoms with E-state index in [2.05, 4.69) is 10.6 Å². The fourth-order valence-electron chi connectivity index (χ4n) is 2.04. The van der Waals surface area contributed by atoms with E-state index in [1.54, 1.807) is 24.3 Å².